The second-order valence-electron chi connectivity index (χ2n) is 5.42. The van der Waals surface area contributed by atoms with E-state index in [-0.39, 0.29) is 17.9 Å². The normalized spacial score (nSPS) is 25.8. The number of alkyl halides is 3. The van der Waals surface area contributed by atoms with Crippen LogP contribution in [0.5, 0.6) is 0 Å². The number of hydrogen-bond donors (Lipinski definition) is 3. The first-order valence-corrected chi connectivity index (χ1v) is 7.30. The quantitative estimate of drug-likeness (QED) is 0.413. The Morgan fingerprint density at radius 2 is 1.96 bits per heavy atom. The number of rotatable bonds is 4. The molecule has 9 nitrogen and oxygen atoms in total. The van der Waals surface area contributed by atoms with E-state index in [0.29, 0.717) is 0 Å². The molecule has 0 spiro atoms. The summed E-state index contributed by atoms with van der Waals surface area (Å²) in [6, 6.07) is 1.16. The maximum absolute atomic E-state index is 13.4. The number of nitro benzene ring substituents is 1. The number of nitrogens with zero attached hydrogens (tertiary/aromatic N) is 1. The predicted molar refractivity (Wildman–Crippen MR) is 78.6 cm³/mol. The fraction of sp³-hybridized carbons (Fsp3) is 0.429. The largest absolute Gasteiger partial charge is 0.466 e. The van der Waals surface area contributed by atoms with E-state index in [9.17, 15) is 38.0 Å². The number of esters is 1. The van der Waals surface area contributed by atoms with Gasteiger partial charge in [0, 0.05) is 12.1 Å². The van der Waals surface area contributed by atoms with Crippen LogP contribution in [0.1, 0.15) is 18.5 Å². The van der Waals surface area contributed by atoms with Crippen molar-refractivity contribution in [1.29, 1.82) is 0 Å². The first kappa shape index (κ1) is 19.4. The van der Waals surface area contributed by atoms with Crippen LogP contribution in [0.25, 0.3) is 0 Å². The number of carbonyl (C=O) groups is 2. The van der Waals surface area contributed by atoms with Crippen molar-refractivity contribution in [2.45, 2.75) is 24.9 Å². The number of hydrogen-bond acceptors (Lipinski definition) is 6. The van der Waals surface area contributed by atoms with Crippen molar-refractivity contribution in [1.82, 2.24) is 10.6 Å². The number of halogens is 3. The first-order chi connectivity index (χ1) is 12.0. The molecule has 0 radical (unpaired) electrons. The Morgan fingerprint density at radius 1 is 1.38 bits per heavy atom. The zero-order valence-electron chi connectivity index (χ0n) is 13.2. The number of benzene rings is 1. The lowest BCUT2D eigenvalue weighted by Crippen LogP contribution is -2.73. The smallest absolute Gasteiger partial charge is 0.437 e. The van der Waals surface area contributed by atoms with E-state index in [4.69, 9.17) is 0 Å². The molecule has 0 aliphatic carbocycles. The van der Waals surface area contributed by atoms with E-state index in [1.807, 2.05) is 0 Å². The van der Waals surface area contributed by atoms with Crippen LogP contribution in [0, 0.1) is 16.0 Å². The number of amides is 2. The third-order valence-electron chi connectivity index (χ3n) is 3.81. The van der Waals surface area contributed by atoms with Crippen LogP contribution in [-0.2, 0) is 9.53 Å². The van der Waals surface area contributed by atoms with E-state index >= 15 is 0 Å². The molecule has 1 aromatic rings. The van der Waals surface area contributed by atoms with E-state index in [0.717, 1.165) is 24.3 Å². The number of carbonyl (C=O) groups excluding carboxylic acids is 2. The van der Waals surface area contributed by atoms with Gasteiger partial charge in [0.15, 0.2) is 0 Å². The summed E-state index contributed by atoms with van der Waals surface area (Å²) < 4.78 is 44.9. The molecule has 3 atom stereocenters. The minimum absolute atomic E-state index is 0.0498. The van der Waals surface area contributed by atoms with Gasteiger partial charge in [-0.2, -0.15) is 13.2 Å². The molecule has 3 N–H and O–H groups in total. The summed E-state index contributed by atoms with van der Waals surface area (Å²) in [6.45, 7) is 1.10. The molecule has 26 heavy (non-hydrogen) atoms. The molecule has 1 aliphatic rings. The van der Waals surface area contributed by atoms with Crippen molar-refractivity contribution in [2.24, 2.45) is 5.92 Å². The van der Waals surface area contributed by atoms with E-state index in [1.165, 1.54) is 12.2 Å². The lowest BCUT2D eigenvalue weighted by Gasteiger charge is -2.44. The van der Waals surface area contributed by atoms with Crippen LogP contribution in [0.15, 0.2) is 24.3 Å². The Balaban J connectivity index is 2.54. The number of ether oxygens (including phenoxy) is 1. The molecule has 1 heterocycles. The fourth-order valence-electron chi connectivity index (χ4n) is 2.62. The number of urea groups is 1. The lowest BCUT2D eigenvalue weighted by molar-refractivity contribution is -0.384. The Morgan fingerprint density at radius 3 is 2.42 bits per heavy atom. The maximum Gasteiger partial charge on any atom is 0.437 e. The second-order valence-corrected chi connectivity index (χ2v) is 5.42. The molecule has 1 aromatic carbocycles. The third kappa shape index (κ3) is 3.40. The van der Waals surface area contributed by atoms with Crippen molar-refractivity contribution in [3.63, 3.8) is 0 Å². The van der Waals surface area contributed by atoms with Crippen LogP contribution in [0.3, 0.4) is 0 Å². The fourth-order valence-corrected chi connectivity index (χ4v) is 2.62. The van der Waals surface area contributed by atoms with Gasteiger partial charge >= 0.3 is 18.2 Å². The Bertz CT molecular complexity index is 724. The lowest BCUT2D eigenvalue weighted by atomic mass is 9.82. The van der Waals surface area contributed by atoms with Gasteiger partial charge < -0.3 is 20.5 Å². The predicted octanol–water partition coefficient (Wildman–Crippen LogP) is 1.38. The summed E-state index contributed by atoms with van der Waals surface area (Å²) in [6.07, 6.45) is -5.39. The number of nitro groups is 1. The Kier molecular flexibility index (Phi) is 5.07. The molecule has 2 amide bonds. The van der Waals surface area contributed by atoms with Gasteiger partial charge in [0.1, 0.15) is 5.92 Å². The highest BCUT2D eigenvalue weighted by Gasteiger charge is 2.67. The van der Waals surface area contributed by atoms with Gasteiger partial charge in [0.2, 0.25) is 0 Å². The Labute approximate surface area is 144 Å². The zero-order valence-corrected chi connectivity index (χ0v) is 13.2. The standard InChI is InChI=1S/C14H14F3N3O6/c1-2-26-11(21)9-10(7-3-5-8(6-4-7)20(24)25)18-12(22)19-13(9,23)14(15,16)17/h3-6,9-10,23H,2H2,1H3,(H2,18,19,22). The average Bonchev–Trinajstić information content (AvgIpc) is 2.53. The van der Waals surface area contributed by atoms with E-state index < -0.39 is 40.8 Å². The monoisotopic (exact) mass is 377 g/mol. The van der Waals surface area contributed by atoms with Gasteiger partial charge in [0.05, 0.1) is 17.6 Å². The minimum Gasteiger partial charge on any atom is -0.466 e. The highest BCUT2D eigenvalue weighted by atomic mass is 19.4. The van der Waals surface area contributed by atoms with Crippen molar-refractivity contribution in [3.05, 3.63) is 39.9 Å². The first-order valence-electron chi connectivity index (χ1n) is 7.30. The van der Waals surface area contributed by atoms with Crippen molar-refractivity contribution in [2.75, 3.05) is 6.61 Å². The average molecular weight is 377 g/mol. The van der Waals surface area contributed by atoms with Gasteiger partial charge in [-0.1, -0.05) is 12.1 Å². The topological polar surface area (TPSA) is 131 Å². The van der Waals surface area contributed by atoms with Gasteiger partial charge in [-0.15, -0.1) is 0 Å². The van der Waals surface area contributed by atoms with Crippen molar-refractivity contribution in [3.8, 4) is 0 Å². The van der Waals surface area contributed by atoms with Gasteiger partial charge in [0.25, 0.3) is 11.4 Å². The summed E-state index contributed by atoms with van der Waals surface area (Å²) >= 11 is 0. The zero-order chi connectivity index (χ0) is 19.7. The Hall–Kier alpha value is -2.89. The van der Waals surface area contributed by atoms with Crippen LogP contribution in [-0.4, -0.2) is 40.5 Å². The van der Waals surface area contributed by atoms with Crippen LogP contribution in [0.4, 0.5) is 23.7 Å². The molecular formula is C14H14F3N3O6. The number of nitrogens with one attached hydrogen (secondary N) is 2. The third-order valence-corrected chi connectivity index (χ3v) is 3.81. The highest BCUT2D eigenvalue weighted by Crippen LogP contribution is 2.43. The summed E-state index contributed by atoms with van der Waals surface area (Å²) in [5.74, 6) is -3.68. The molecule has 0 saturated carbocycles. The summed E-state index contributed by atoms with van der Waals surface area (Å²) in [4.78, 5) is 33.8. The molecule has 3 unspecified atom stereocenters. The van der Waals surface area contributed by atoms with Gasteiger partial charge in [-0.25, -0.2) is 4.79 Å². The number of aliphatic hydroxyl groups is 1. The molecule has 1 fully saturated rings. The summed E-state index contributed by atoms with van der Waals surface area (Å²) in [7, 11) is 0. The molecule has 2 rings (SSSR count). The molecule has 12 heteroatoms. The maximum atomic E-state index is 13.4. The second kappa shape index (κ2) is 6.78. The van der Waals surface area contributed by atoms with E-state index in [2.05, 4.69) is 10.1 Å². The minimum atomic E-state index is -5.39. The summed E-state index contributed by atoms with van der Waals surface area (Å²) in [5, 5.41) is 24.2. The highest BCUT2D eigenvalue weighted by molar-refractivity contribution is 5.83. The van der Waals surface area contributed by atoms with Crippen molar-refractivity contribution >= 4 is 17.7 Å². The van der Waals surface area contributed by atoms with Crippen LogP contribution in [0.2, 0.25) is 0 Å². The van der Waals surface area contributed by atoms with Gasteiger partial charge in [-0.05, 0) is 12.5 Å². The molecule has 0 aromatic heterocycles. The number of non-ortho nitro benzene ring substituents is 1. The summed E-state index contributed by atoms with van der Waals surface area (Å²) in [5.41, 5.74) is -4.27. The van der Waals surface area contributed by atoms with Crippen LogP contribution < -0.4 is 10.6 Å². The van der Waals surface area contributed by atoms with E-state index in [1.54, 1.807) is 0 Å². The molecule has 1 aliphatic heterocycles. The SMILES string of the molecule is CCOC(=O)C1C(c2ccc([N+](=O)[O-])cc2)NC(=O)NC1(O)C(F)(F)F. The van der Waals surface area contributed by atoms with Crippen molar-refractivity contribution < 1.29 is 37.5 Å². The van der Waals surface area contributed by atoms with Crippen LogP contribution >= 0.6 is 0 Å². The molecule has 0 bridgehead atoms. The molecule has 1 saturated heterocycles. The molecule has 142 valence electrons. The van der Waals surface area contributed by atoms with Gasteiger partial charge in [-0.3, -0.25) is 14.9 Å². The molecular weight excluding hydrogens is 363 g/mol.